The molecule has 0 N–H and O–H groups in total. The fraction of sp³-hybridized carbons (Fsp3) is 0.360. The first kappa shape index (κ1) is 21.2. The van der Waals surface area contributed by atoms with Gasteiger partial charge in [-0.2, -0.15) is 0 Å². The number of fused-ring (bicyclic) bond motifs is 2. The average Bonchev–Trinajstić information content (AvgIpc) is 2.83. The first-order valence-electron chi connectivity index (χ1n) is 11.1. The molecule has 7 heteroatoms. The Morgan fingerprint density at radius 1 is 1.06 bits per heavy atom. The zero-order chi connectivity index (χ0) is 21.9. The first-order chi connectivity index (χ1) is 15.7. The second-order valence-corrected chi connectivity index (χ2v) is 8.74. The first-order valence-corrected chi connectivity index (χ1v) is 11.5. The van der Waals surface area contributed by atoms with Crippen LogP contribution in [0.4, 0.5) is 0 Å². The second kappa shape index (κ2) is 9.45. The van der Waals surface area contributed by atoms with Gasteiger partial charge in [0.15, 0.2) is 0 Å². The number of benzene rings is 1. The lowest BCUT2D eigenvalue weighted by molar-refractivity contribution is 0.0384. The Morgan fingerprint density at radius 3 is 2.81 bits per heavy atom. The minimum atomic E-state index is 0.181. The van der Waals surface area contributed by atoms with Gasteiger partial charge in [-0.1, -0.05) is 30.7 Å². The molecule has 164 valence electrons. The van der Waals surface area contributed by atoms with Gasteiger partial charge in [0, 0.05) is 55.7 Å². The Hall–Kier alpha value is -2.67. The SMILES string of the molecule is C[C@H](Cc1ncnc2cccnc12)c1cc2cccc(Cl)c2c(CCN2CCOCC2)n1. The molecule has 4 heterocycles. The van der Waals surface area contributed by atoms with Crippen LogP contribution in [0, 0.1) is 0 Å². The van der Waals surface area contributed by atoms with Crippen LogP contribution in [0.5, 0.6) is 0 Å². The van der Waals surface area contributed by atoms with E-state index in [1.165, 1.54) is 0 Å². The molecule has 0 radical (unpaired) electrons. The molecule has 4 aromatic rings. The summed E-state index contributed by atoms with van der Waals surface area (Å²) in [5.74, 6) is 0.181. The maximum absolute atomic E-state index is 6.61. The third-order valence-electron chi connectivity index (χ3n) is 6.14. The summed E-state index contributed by atoms with van der Waals surface area (Å²) in [5.41, 5.74) is 4.80. The maximum atomic E-state index is 6.61. The number of nitrogens with zero attached hydrogens (tertiary/aromatic N) is 5. The molecule has 0 bridgehead atoms. The number of rotatable bonds is 6. The van der Waals surface area contributed by atoms with Crippen LogP contribution < -0.4 is 0 Å². The Labute approximate surface area is 192 Å². The van der Waals surface area contributed by atoms with Crippen LogP contribution in [-0.4, -0.2) is 57.7 Å². The zero-order valence-corrected chi connectivity index (χ0v) is 18.9. The van der Waals surface area contributed by atoms with Crippen molar-refractivity contribution in [1.82, 2.24) is 24.8 Å². The van der Waals surface area contributed by atoms with Gasteiger partial charge >= 0.3 is 0 Å². The van der Waals surface area contributed by atoms with E-state index < -0.39 is 0 Å². The number of hydrogen-bond acceptors (Lipinski definition) is 6. The van der Waals surface area contributed by atoms with E-state index in [0.29, 0.717) is 0 Å². The highest BCUT2D eigenvalue weighted by molar-refractivity contribution is 6.35. The van der Waals surface area contributed by atoms with Crippen molar-refractivity contribution in [3.63, 3.8) is 0 Å². The molecule has 1 atom stereocenters. The van der Waals surface area contributed by atoms with E-state index in [4.69, 9.17) is 21.3 Å². The molecule has 3 aromatic heterocycles. The van der Waals surface area contributed by atoms with E-state index in [9.17, 15) is 0 Å². The summed E-state index contributed by atoms with van der Waals surface area (Å²) in [6.45, 7) is 6.68. The van der Waals surface area contributed by atoms with Gasteiger partial charge in [-0.3, -0.25) is 14.9 Å². The van der Waals surface area contributed by atoms with Crippen molar-refractivity contribution in [2.24, 2.45) is 0 Å². The summed E-state index contributed by atoms with van der Waals surface area (Å²) < 4.78 is 5.48. The Balaban J connectivity index is 1.46. The highest BCUT2D eigenvalue weighted by Crippen LogP contribution is 2.30. The van der Waals surface area contributed by atoms with Crippen LogP contribution in [0.1, 0.15) is 29.9 Å². The van der Waals surface area contributed by atoms with E-state index in [0.717, 1.165) is 89.6 Å². The van der Waals surface area contributed by atoms with Gasteiger partial charge < -0.3 is 4.74 Å². The molecule has 1 fully saturated rings. The van der Waals surface area contributed by atoms with Crippen molar-refractivity contribution in [3.05, 3.63) is 71.0 Å². The molecule has 0 aliphatic carbocycles. The van der Waals surface area contributed by atoms with E-state index in [1.807, 2.05) is 24.3 Å². The zero-order valence-electron chi connectivity index (χ0n) is 18.2. The van der Waals surface area contributed by atoms with Gasteiger partial charge in [0.05, 0.1) is 35.1 Å². The molecule has 0 spiro atoms. The van der Waals surface area contributed by atoms with E-state index in [1.54, 1.807) is 12.5 Å². The van der Waals surface area contributed by atoms with Crippen LogP contribution in [0.3, 0.4) is 0 Å². The molecule has 32 heavy (non-hydrogen) atoms. The lowest BCUT2D eigenvalue weighted by atomic mass is 9.97. The Bertz CT molecular complexity index is 1240. The van der Waals surface area contributed by atoms with Crippen molar-refractivity contribution < 1.29 is 4.74 Å². The summed E-state index contributed by atoms with van der Waals surface area (Å²) in [7, 11) is 0. The predicted octanol–water partition coefficient (Wildman–Crippen LogP) is 4.45. The predicted molar refractivity (Wildman–Crippen MR) is 127 cm³/mol. The molecule has 6 nitrogen and oxygen atoms in total. The molecule has 1 aliphatic heterocycles. The largest absolute Gasteiger partial charge is 0.379 e. The van der Waals surface area contributed by atoms with Crippen molar-refractivity contribution in [2.45, 2.75) is 25.7 Å². The fourth-order valence-electron chi connectivity index (χ4n) is 4.38. The molecule has 0 unspecified atom stereocenters. The van der Waals surface area contributed by atoms with Gasteiger partial charge in [-0.25, -0.2) is 9.97 Å². The second-order valence-electron chi connectivity index (χ2n) is 8.33. The molecular formula is C25H26ClN5O. The Morgan fingerprint density at radius 2 is 1.94 bits per heavy atom. The van der Waals surface area contributed by atoms with Gasteiger partial charge in [0.25, 0.3) is 0 Å². The molecule has 1 aliphatic rings. The fourth-order valence-corrected chi connectivity index (χ4v) is 4.67. The van der Waals surface area contributed by atoms with Crippen LogP contribution in [0.25, 0.3) is 21.8 Å². The standard InChI is InChI=1S/C25H26ClN5O/c1-17(14-23-25-21(28-16-29-23)6-3-8-27-25)22-15-18-4-2-5-19(26)24(18)20(30-22)7-9-31-10-12-32-13-11-31/h2-6,8,15-17H,7,9-14H2,1H3/t17-/m1/s1. The van der Waals surface area contributed by atoms with Crippen LogP contribution >= 0.6 is 11.6 Å². The number of hydrogen-bond donors (Lipinski definition) is 0. The van der Waals surface area contributed by atoms with Crippen molar-refractivity contribution in [2.75, 3.05) is 32.8 Å². The van der Waals surface area contributed by atoms with Crippen molar-refractivity contribution >= 4 is 33.4 Å². The lowest BCUT2D eigenvalue weighted by Gasteiger charge is -2.26. The monoisotopic (exact) mass is 447 g/mol. The van der Waals surface area contributed by atoms with Crippen molar-refractivity contribution in [1.29, 1.82) is 0 Å². The third-order valence-corrected chi connectivity index (χ3v) is 6.46. The van der Waals surface area contributed by atoms with E-state index in [-0.39, 0.29) is 5.92 Å². The topological polar surface area (TPSA) is 64.0 Å². The molecule has 1 saturated heterocycles. The average molecular weight is 448 g/mol. The van der Waals surface area contributed by atoms with Crippen LogP contribution in [0.15, 0.2) is 48.9 Å². The molecule has 5 rings (SSSR count). The number of pyridine rings is 2. The van der Waals surface area contributed by atoms with Gasteiger partial charge in [0.1, 0.15) is 11.8 Å². The summed E-state index contributed by atoms with van der Waals surface area (Å²) in [4.78, 5) is 20.9. The number of ether oxygens (including phenoxy) is 1. The van der Waals surface area contributed by atoms with Gasteiger partial charge in [0.2, 0.25) is 0 Å². The summed E-state index contributed by atoms with van der Waals surface area (Å²) >= 11 is 6.61. The van der Waals surface area contributed by atoms with Gasteiger partial charge in [-0.05, 0) is 29.7 Å². The number of aromatic nitrogens is 4. The summed E-state index contributed by atoms with van der Waals surface area (Å²) in [6.07, 6.45) is 5.02. The highest BCUT2D eigenvalue weighted by Gasteiger charge is 2.18. The summed E-state index contributed by atoms with van der Waals surface area (Å²) in [6, 6.07) is 12.1. The molecule has 1 aromatic carbocycles. The minimum Gasteiger partial charge on any atom is -0.379 e. The molecule has 0 amide bonds. The van der Waals surface area contributed by atoms with Crippen molar-refractivity contribution in [3.8, 4) is 0 Å². The number of halogens is 1. The smallest absolute Gasteiger partial charge is 0.116 e. The van der Waals surface area contributed by atoms with Crippen LogP contribution in [-0.2, 0) is 17.6 Å². The molecule has 0 saturated carbocycles. The molecular weight excluding hydrogens is 422 g/mol. The van der Waals surface area contributed by atoms with Crippen LogP contribution in [0.2, 0.25) is 5.02 Å². The van der Waals surface area contributed by atoms with E-state index in [2.05, 4.69) is 38.9 Å². The summed E-state index contributed by atoms with van der Waals surface area (Å²) in [5, 5.41) is 2.96. The Kier molecular flexibility index (Phi) is 6.26. The third kappa shape index (κ3) is 4.44. The minimum absolute atomic E-state index is 0.181. The normalized spacial score (nSPS) is 15.9. The van der Waals surface area contributed by atoms with Gasteiger partial charge in [-0.15, -0.1) is 0 Å². The lowest BCUT2D eigenvalue weighted by Crippen LogP contribution is -2.37. The van der Waals surface area contributed by atoms with E-state index >= 15 is 0 Å². The quantitative estimate of drug-likeness (QED) is 0.435. The highest BCUT2D eigenvalue weighted by atomic mass is 35.5. The maximum Gasteiger partial charge on any atom is 0.116 e. The number of morpholine rings is 1.